The van der Waals surface area contributed by atoms with Gasteiger partial charge in [0.1, 0.15) is 5.75 Å². The molecule has 9 nitrogen and oxygen atoms in total. The lowest BCUT2D eigenvalue weighted by Crippen LogP contribution is -2.40. The molecule has 0 bridgehead atoms. The first kappa shape index (κ1) is 17.8. The molecule has 2 fully saturated rings. The highest BCUT2D eigenvalue weighted by Crippen LogP contribution is 2.38. The van der Waals surface area contributed by atoms with Crippen molar-refractivity contribution in [3.63, 3.8) is 0 Å². The van der Waals surface area contributed by atoms with E-state index in [0.717, 1.165) is 38.1 Å². The lowest BCUT2D eigenvalue weighted by molar-refractivity contribution is 0.0671. The number of hydrogen-bond acceptors (Lipinski definition) is 7. The average Bonchev–Trinajstić information content (AvgIpc) is 3.29. The van der Waals surface area contributed by atoms with Gasteiger partial charge in [0.25, 0.3) is 11.8 Å². The van der Waals surface area contributed by atoms with Gasteiger partial charge < -0.3 is 14.2 Å². The van der Waals surface area contributed by atoms with Crippen LogP contribution >= 0.6 is 0 Å². The Bertz CT molecular complexity index is 1020. The zero-order chi connectivity index (χ0) is 19.8. The lowest BCUT2D eigenvalue weighted by Gasteiger charge is -2.32. The standard InChI is InChI=1S/C20H22N6O3/c1-28-16-6-2-4-14(10-16)20(27)25-9-3-5-15(11-25)26-12-17(22-24-26)19-21-18(23-29-19)13-7-8-13/h2,4,6,10,12-13,15H,3,5,7-9,11H2,1H3. The summed E-state index contributed by atoms with van der Waals surface area (Å²) in [5, 5.41) is 12.5. The van der Waals surface area contributed by atoms with Crippen molar-refractivity contribution in [2.24, 2.45) is 0 Å². The molecule has 1 amide bonds. The first-order chi connectivity index (χ1) is 14.2. The predicted molar refractivity (Wildman–Crippen MR) is 102 cm³/mol. The molecule has 1 unspecified atom stereocenters. The smallest absolute Gasteiger partial charge is 0.280 e. The second-order valence-corrected chi connectivity index (χ2v) is 7.59. The molecule has 1 atom stereocenters. The fourth-order valence-corrected chi connectivity index (χ4v) is 3.69. The highest BCUT2D eigenvalue weighted by Gasteiger charge is 2.30. The van der Waals surface area contributed by atoms with Gasteiger partial charge in [0, 0.05) is 24.6 Å². The van der Waals surface area contributed by atoms with E-state index in [2.05, 4.69) is 20.5 Å². The van der Waals surface area contributed by atoms with Gasteiger partial charge in [-0.15, -0.1) is 5.10 Å². The number of aromatic nitrogens is 5. The number of likely N-dealkylation sites (tertiary alicyclic amines) is 1. The maximum absolute atomic E-state index is 12.9. The van der Waals surface area contributed by atoms with E-state index < -0.39 is 0 Å². The maximum atomic E-state index is 12.9. The first-order valence-electron chi connectivity index (χ1n) is 9.90. The summed E-state index contributed by atoms with van der Waals surface area (Å²) in [6.45, 7) is 1.30. The number of benzene rings is 1. The lowest BCUT2D eigenvalue weighted by atomic mass is 10.0. The fraction of sp³-hybridized carbons (Fsp3) is 0.450. The minimum Gasteiger partial charge on any atom is -0.497 e. The molecular weight excluding hydrogens is 372 g/mol. The van der Waals surface area contributed by atoms with Gasteiger partial charge >= 0.3 is 0 Å². The van der Waals surface area contributed by atoms with Gasteiger partial charge in [-0.3, -0.25) is 4.79 Å². The number of piperidine rings is 1. The van der Waals surface area contributed by atoms with Crippen LogP contribution in [0, 0.1) is 0 Å². The third kappa shape index (κ3) is 3.59. The Balaban J connectivity index is 1.30. The number of carbonyl (C=O) groups excluding carboxylic acids is 1. The molecule has 1 saturated heterocycles. The number of hydrogen-bond donors (Lipinski definition) is 0. The summed E-state index contributed by atoms with van der Waals surface area (Å²) in [5.41, 5.74) is 1.20. The van der Waals surface area contributed by atoms with Crippen LogP contribution in [-0.2, 0) is 0 Å². The molecule has 0 N–H and O–H groups in total. The Morgan fingerprint density at radius 2 is 2.17 bits per heavy atom. The van der Waals surface area contributed by atoms with E-state index in [1.165, 1.54) is 0 Å². The summed E-state index contributed by atoms with van der Waals surface area (Å²) in [7, 11) is 1.60. The molecule has 2 aliphatic rings. The Morgan fingerprint density at radius 3 is 3.00 bits per heavy atom. The van der Waals surface area contributed by atoms with Gasteiger partial charge in [-0.1, -0.05) is 16.4 Å². The molecule has 0 spiro atoms. The van der Waals surface area contributed by atoms with E-state index in [0.29, 0.717) is 35.4 Å². The second kappa shape index (κ2) is 7.31. The summed E-state index contributed by atoms with van der Waals surface area (Å²) >= 11 is 0. The first-order valence-corrected chi connectivity index (χ1v) is 9.90. The molecular formula is C20H22N6O3. The zero-order valence-corrected chi connectivity index (χ0v) is 16.2. The van der Waals surface area contributed by atoms with Crippen LogP contribution < -0.4 is 4.74 Å². The highest BCUT2D eigenvalue weighted by atomic mass is 16.5. The summed E-state index contributed by atoms with van der Waals surface area (Å²) in [6, 6.07) is 7.31. The van der Waals surface area contributed by atoms with Crippen molar-refractivity contribution in [1.82, 2.24) is 30.0 Å². The number of ether oxygens (including phenoxy) is 1. The summed E-state index contributed by atoms with van der Waals surface area (Å²) in [4.78, 5) is 19.2. The third-order valence-corrected chi connectivity index (χ3v) is 5.49. The third-order valence-electron chi connectivity index (χ3n) is 5.49. The molecule has 29 heavy (non-hydrogen) atoms. The quantitative estimate of drug-likeness (QED) is 0.656. The summed E-state index contributed by atoms with van der Waals surface area (Å²) in [5.74, 6) is 2.26. The largest absolute Gasteiger partial charge is 0.497 e. The molecule has 1 aromatic carbocycles. The topological polar surface area (TPSA) is 99.2 Å². The average molecular weight is 394 g/mol. The molecule has 0 radical (unpaired) electrons. The van der Waals surface area contributed by atoms with E-state index in [9.17, 15) is 4.79 Å². The minimum atomic E-state index is -0.0000785. The van der Waals surface area contributed by atoms with Crippen LogP contribution in [0.5, 0.6) is 5.75 Å². The SMILES string of the molecule is COc1cccc(C(=O)N2CCCC(n3cc(-c4nc(C5CC5)no4)nn3)C2)c1. The fourth-order valence-electron chi connectivity index (χ4n) is 3.69. The second-order valence-electron chi connectivity index (χ2n) is 7.59. The van der Waals surface area contributed by atoms with Crippen molar-refractivity contribution < 1.29 is 14.1 Å². The predicted octanol–water partition coefficient (Wildman–Crippen LogP) is 2.69. The monoisotopic (exact) mass is 394 g/mol. The van der Waals surface area contributed by atoms with Crippen molar-refractivity contribution >= 4 is 5.91 Å². The number of rotatable bonds is 5. The zero-order valence-electron chi connectivity index (χ0n) is 16.2. The van der Waals surface area contributed by atoms with Crippen molar-refractivity contribution in [3.05, 3.63) is 41.9 Å². The van der Waals surface area contributed by atoms with E-state index in [1.807, 2.05) is 29.3 Å². The number of amides is 1. The number of nitrogens with zero attached hydrogens (tertiary/aromatic N) is 6. The van der Waals surface area contributed by atoms with E-state index in [-0.39, 0.29) is 11.9 Å². The van der Waals surface area contributed by atoms with Crippen LogP contribution in [0.2, 0.25) is 0 Å². The normalized spacial score (nSPS) is 19.3. The van der Waals surface area contributed by atoms with Gasteiger partial charge in [-0.25, -0.2) is 4.68 Å². The van der Waals surface area contributed by atoms with Crippen LogP contribution in [0.1, 0.15) is 53.8 Å². The molecule has 3 heterocycles. The van der Waals surface area contributed by atoms with Gasteiger partial charge in [0.15, 0.2) is 11.5 Å². The maximum Gasteiger partial charge on any atom is 0.280 e. The van der Waals surface area contributed by atoms with Gasteiger partial charge in [0.2, 0.25) is 0 Å². The van der Waals surface area contributed by atoms with Crippen molar-refractivity contribution in [1.29, 1.82) is 0 Å². The van der Waals surface area contributed by atoms with E-state index >= 15 is 0 Å². The Morgan fingerprint density at radius 1 is 1.28 bits per heavy atom. The number of carbonyl (C=O) groups is 1. The van der Waals surface area contributed by atoms with Crippen LogP contribution in [0.25, 0.3) is 11.6 Å². The van der Waals surface area contributed by atoms with Gasteiger partial charge in [-0.2, -0.15) is 4.98 Å². The molecule has 1 saturated carbocycles. The van der Waals surface area contributed by atoms with Crippen molar-refractivity contribution in [3.8, 4) is 17.3 Å². The molecule has 2 aromatic heterocycles. The van der Waals surface area contributed by atoms with Crippen LogP contribution in [0.4, 0.5) is 0 Å². The van der Waals surface area contributed by atoms with Crippen LogP contribution in [0.15, 0.2) is 35.0 Å². The Hall–Kier alpha value is -3.23. The van der Waals surface area contributed by atoms with Crippen LogP contribution in [-0.4, -0.2) is 56.1 Å². The van der Waals surface area contributed by atoms with Crippen LogP contribution in [0.3, 0.4) is 0 Å². The molecule has 150 valence electrons. The summed E-state index contributed by atoms with van der Waals surface area (Å²) < 4.78 is 12.4. The molecule has 1 aliphatic heterocycles. The Kier molecular flexibility index (Phi) is 4.49. The highest BCUT2D eigenvalue weighted by molar-refractivity contribution is 5.94. The van der Waals surface area contributed by atoms with E-state index in [1.54, 1.807) is 17.9 Å². The Labute approximate surface area is 167 Å². The van der Waals surface area contributed by atoms with Crippen molar-refractivity contribution in [2.75, 3.05) is 20.2 Å². The molecule has 9 heteroatoms. The van der Waals surface area contributed by atoms with E-state index in [4.69, 9.17) is 9.26 Å². The minimum absolute atomic E-state index is 0.0000785. The van der Waals surface area contributed by atoms with Gasteiger partial charge in [-0.05, 0) is 43.9 Å². The molecule has 5 rings (SSSR count). The van der Waals surface area contributed by atoms with Crippen molar-refractivity contribution in [2.45, 2.75) is 37.6 Å². The van der Waals surface area contributed by atoms with Gasteiger partial charge in [0.05, 0.1) is 19.3 Å². The number of methoxy groups -OCH3 is 1. The summed E-state index contributed by atoms with van der Waals surface area (Å²) in [6.07, 6.45) is 5.90. The molecule has 1 aliphatic carbocycles. The molecule has 3 aromatic rings.